The Hall–Kier alpha value is -3.03. The van der Waals surface area contributed by atoms with Crippen molar-refractivity contribution in [2.24, 2.45) is 0 Å². The Morgan fingerprint density at radius 2 is 1.94 bits per heavy atom. The Bertz CT molecular complexity index is 1400. The van der Waals surface area contributed by atoms with Gasteiger partial charge in [0.1, 0.15) is 5.75 Å². The van der Waals surface area contributed by atoms with Gasteiger partial charge >= 0.3 is 5.97 Å². The van der Waals surface area contributed by atoms with Gasteiger partial charge in [0, 0.05) is 35.0 Å². The van der Waals surface area contributed by atoms with Crippen LogP contribution in [-0.2, 0) is 17.6 Å². The van der Waals surface area contributed by atoms with Gasteiger partial charge in [0.25, 0.3) is 0 Å². The van der Waals surface area contributed by atoms with E-state index in [0.717, 1.165) is 60.6 Å². The Morgan fingerprint density at radius 1 is 1.23 bits per heavy atom. The number of aliphatic hydroxyl groups is 1. The normalized spacial score (nSPS) is 13.0. The van der Waals surface area contributed by atoms with Crippen molar-refractivity contribution in [3.8, 4) is 16.9 Å². The SMILES string of the molecule is CC(C)(C)O.Cc1cc2nc(C(C)C)sc2c(-c2ccc3c4c(ccnc24)CCO3)c1CC(=O)O. The molecule has 4 aromatic rings. The molecule has 2 N–H and O–H groups in total. The fourth-order valence-corrected chi connectivity index (χ4v) is 5.40. The van der Waals surface area contributed by atoms with Crippen LogP contribution in [0.5, 0.6) is 5.75 Å². The molecule has 0 amide bonds. The Labute approximate surface area is 209 Å². The maximum Gasteiger partial charge on any atom is 0.307 e. The second-order valence-corrected chi connectivity index (χ2v) is 11.3. The number of carboxylic acids is 1. The summed E-state index contributed by atoms with van der Waals surface area (Å²) in [6.07, 6.45) is 2.65. The van der Waals surface area contributed by atoms with Crippen LogP contribution < -0.4 is 4.74 Å². The van der Waals surface area contributed by atoms with Crippen molar-refractivity contribution in [3.63, 3.8) is 0 Å². The standard InChI is InChI=1S/C24H22N2O3S.C4H10O/c1-12(2)24-26-17-10-13(3)16(11-19(27)28)21(23(17)30-24)15-4-5-18-20-14(7-9-29-18)6-8-25-22(15)20;1-4(2,3)5/h4-6,8,10,12H,7,9,11H2,1-3H3,(H,27,28);5H,1-3H3. The monoisotopic (exact) mass is 492 g/mol. The van der Waals surface area contributed by atoms with Gasteiger partial charge in [0.2, 0.25) is 0 Å². The summed E-state index contributed by atoms with van der Waals surface area (Å²) in [6.45, 7) is 12.1. The minimum atomic E-state index is -0.841. The molecule has 5 rings (SSSR count). The van der Waals surface area contributed by atoms with E-state index in [-0.39, 0.29) is 6.42 Å². The predicted octanol–water partition coefficient (Wildman–Crippen LogP) is 6.28. The third-order valence-corrected chi connectivity index (χ3v) is 7.08. The lowest BCUT2D eigenvalue weighted by Gasteiger charge is -2.21. The van der Waals surface area contributed by atoms with Gasteiger partial charge in [0.05, 0.1) is 39.4 Å². The van der Waals surface area contributed by atoms with Crippen LogP contribution >= 0.6 is 11.3 Å². The average molecular weight is 493 g/mol. The van der Waals surface area contributed by atoms with E-state index in [1.807, 2.05) is 37.4 Å². The molecule has 35 heavy (non-hydrogen) atoms. The highest BCUT2D eigenvalue weighted by molar-refractivity contribution is 7.19. The molecule has 1 aliphatic heterocycles. The average Bonchev–Trinajstić information content (AvgIpc) is 3.18. The number of rotatable bonds is 4. The summed E-state index contributed by atoms with van der Waals surface area (Å²) in [4.78, 5) is 21.3. The maximum absolute atomic E-state index is 11.7. The zero-order valence-corrected chi connectivity index (χ0v) is 21.9. The van der Waals surface area contributed by atoms with Crippen molar-refractivity contribution in [1.82, 2.24) is 9.97 Å². The van der Waals surface area contributed by atoms with Gasteiger partial charge in [-0.2, -0.15) is 0 Å². The molecular formula is C28H32N2O4S. The Morgan fingerprint density at radius 3 is 2.60 bits per heavy atom. The minimum Gasteiger partial charge on any atom is -0.493 e. The summed E-state index contributed by atoms with van der Waals surface area (Å²) in [7, 11) is 0. The first-order valence-corrected chi connectivity index (χ1v) is 12.7. The number of thiazole rings is 1. The highest BCUT2D eigenvalue weighted by Crippen LogP contribution is 2.44. The lowest BCUT2D eigenvalue weighted by molar-refractivity contribution is -0.136. The molecule has 0 radical (unpaired) electrons. The van der Waals surface area contributed by atoms with E-state index in [1.165, 1.54) is 5.56 Å². The van der Waals surface area contributed by atoms with E-state index in [1.54, 1.807) is 32.1 Å². The third kappa shape index (κ3) is 5.31. The zero-order chi connectivity index (χ0) is 25.5. The number of hydrogen-bond acceptors (Lipinski definition) is 6. The van der Waals surface area contributed by atoms with Crippen molar-refractivity contribution >= 4 is 38.4 Å². The first-order valence-electron chi connectivity index (χ1n) is 11.8. The maximum atomic E-state index is 11.7. The summed E-state index contributed by atoms with van der Waals surface area (Å²) in [5.41, 5.74) is 6.16. The number of benzene rings is 2. The lowest BCUT2D eigenvalue weighted by Crippen LogP contribution is -2.10. The number of aliphatic carboxylic acids is 1. The van der Waals surface area contributed by atoms with Crippen LogP contribution in [0.25, 0.3) is 32.2 Å². The number of hydrogen-bond donors (Lipinski definition) is 2. The van der Waals surface area contributed by atoms with Crippen LogP contribution in [0.3, 0.4) is 0 Å². The zero-order valence-electron chi connectivity index (χ0n) is 21.1. The first kappa shape index (κ1) is 25.1. The van der Waals surface area contributed by atoms with Crippen molar-refractivity contribution in [3.05, 3.63) is 52.2 Å². The largest absolute Gasteiger partial charge is 0.493 e. The molecule has 0 saturated carbocycles. The van der Waals surface area contributed by atoms with Gasteiger partial charge in [-0.3, -0.25) is 9.78 Å². The summed E-state index contributed by atoms with van der Waals surface area (Å²) in [5, 5.41) is 20.2. The molecule has 3 heterocycles. The van der Waals surface area contributed by atoms with Crippen LogP contribution in [0.1, 0.15) is 62.2 Å². The number of fused-ring (bicyclic) bond motifs is 1. The van der Waals surface area contributed by atoms with Crippen molar-refractivity contribution in [1.29, 1.82) is 0 Å². The van der Waals surface area contributed by atoms with Gasteiger partial charge in [-0.25, -0.2) is 4.98 Å². The highest BCUT2D eigenvalue weighted by Gasteiger charge is 2.24. The molecular weight excluding hydrogens is 460 g/mol. The minimum absolute atomic E-state index is 0.0363. The van der Waals surface area contributed by atoms with E-state index in [0.29, 0.717) is 12.5 Å². The molecule has 2 aromatic carbocycles. The van der Waals surface area contributed by atoms with E-state index >= 15 is 0 Å². The van der Waals surface area contributed by atoms with Gasteiger partial charge in [-0.15, -0.1) is 11.3 Å². The second kappa shape index (κ2) is 9.55. The van der Waals surface area contributed by atoms with Crippen LogP contribution in [0.2, 0.25) is 0 Å². The molecule has 0 saturated heterocycles. The lowest BCUT2D eigenvalue weighted by atomic mass is 9.90. The number of pyridine rings is 1. The fraction of sp³-hybridized carbons (Fsp3) is 0.393. The van der Waals surface area contributed by atoms with Gasteiger partial charge < -0.3 is 14.9 Å². The Balaban J connectivity index is 0.000000527. The summed E-state index contributed by atoms with van der Waals surface area (Å²) >= 11 is 1.65. The van der Waals surface area contributed by atoms with Gasteiger partial charge in [0.15, 0.2) is 0 Å². The quantitative estimate of drug-likeness (QED) is 0.348. The van der Waals surface area contributed by atoms with Crippen molar-refractivity contribution in [2.45, 2.75) is 65.9 Å². The predicted molar refractivity (Wildman–Crippen MR) is 142 cm³/mol. The van der Waals surface area contributed by atoms with E-state index in [4.69, 9.17) is 19.8 Å². The summed E-state index contributed by atoms with van der Waals surface area (Å²) < 4.78 is 6.91. The van der Waals surface area contributed by atoms with Crippen molar-refractivity contribution < 1.29 is 19.7 Å². The number of carboxylic acid groups (broad SMARTS) is 1. The fourth-order valence-electron chi connectivity index (χ4n) is 4.27. The molecule has 0 bridgehead atoms. The molecule has 2 aromatic heterocycles. The molecule has 0 spiro atoms. The van der Waals surface area contributed by atoms with Crippen LogP contribution in [0, 0.1) is 6.92 Å². The molecule has 184 valence electrons. The number of nitrogens with zero attached hydrogens (tertiary/aromatic N) is 2. The third-order valence-electron chi connectivity index (χ3n) is 5.69. The molecule has 0 aliphatic carbocycles. The second-order valence-electron chi connectivity index (χ2n) is 10.2. The van der Waals surface area contributed by atoms with E-state index < -0.39 is 11.6 Å². The molecule has 0 unspecified atom stereocenters. The van der Waals surface area contributed by atoms with E-state index in [9.17, 15) is 9.90 Å². The Kier molecular flexibility index (Phi) is 6.84. The van der Waals surface area contributed by atoms with Gasteiger partial charge in [-0.1, -0.05) is 13.8 Å². The topological polar surface area (TPSA) is 92.5 Å². The van der Waals surface area contributed by atoms with Gasteiger partial charge in [-0.05, 0) is 68.7 Å². The van der Waals surface area contributed by atoms with Crippen LogP contribution in [0.4, 0.5) is 0 Å². The number of ether oxygens (including phenoxy) is 1. The molecule has 7 heteroatoms. The molecule has 6 nitrogen and oxygen atoms in total. The van der Waals surface area contributed by atoms with Crippen LogP contribution in [-0.4, -0.2) is 38.4 Å². The van der Waals surface area contributed by atoms with E-state index in [2.05, 4.69) is 13.8 Å². The van der Waals surface area contributed by atoms with Crippen molar-refractivity contribution in [2.75, 3.05) is 6.61 Å². The number of carbonyl (C=O) groups is 1. The highest BCUT2D eigenvalue weighted by atomic mass is 32.1. The number of aromatic nitrogens is 2. The smallest absolute Gasteiger partial charge is 0.307 e. The molecule has 1 aliphatic rings. The van der Waals surface area contributed by atoms with Crippen LogP contribution in [0.15, 0.2) is 30.5 Å². The summed E-state index contributed by atoms with van der Waals surface area (Å²) in [5.74, 6) is 0.312. The number of aryl methyl sites for hydroxylation is 1. The molecule has 0 atom stereocenters. The first-order chi connectivity index (χ1) is 16.4. The molecule has 0 fully saturated rings. The summed E-state index contributed by atoms with van der Waals surface area (Å²) in [6, 6.07) is 8.08.